The Balaban J connectivity index is 1.69. The second-order valence-electron chi connectivity index (χ2n) is 5.92. The van der Waals surface area contributed by atoms with Crippen molar-refractivity contribution in [3.8, 4) is 0 Å². The van der Waals surface area contributed by atoms with Crippen molar-refractivity contribution >= 4 is 0 Å². The van der Waals surface area contributed by atoms with E-state index in [4.69, 9.17) is 18.9 Å². The third-order valence-electron chi connectivity index (χ3n) is 3.88. The maximum absolute atomic E-state index is 13.7. The summed E-state index contributed by atoms with van der Waals surface area (Å²) in [4.78, 5) is 0. The van der Waals surface area contributed by atoms with Crippen molar-refractivity contribution in [2.75, 3.05) is 0 Å². The topological polar surface area (TPSA) is 36.9 Å². The molecule has 2 aliphatic rings. The third kappa shape index (κ3) is 2.97. The Kier molecular flexibility index (Phi) is 4.01. The lowest BCUT2D eigenvalue weighted by Crippen LogP contribution is -2.36. The molecule has 2 fully saturated rings. The fourth-order valence-electron chi connectivity index (χ4n) is 2.88. The maximum atomic E-state index is 13.7. The molecule has 0 spiro atoms. The summed E-state index contributed by atoms with van der Waals surface area (Å²) < 4.78 is 37.0. The van der Waals surface area contributed by atoms with E-state index in [-0.39, 0.29) is 30.7 Å². The molecule has 4 atom stereocenters. The maximum Gasteiger partial charge on any atom is 0.190 e. The monoisotopic (exact) mass is 296 g/mol. The van der Waals surface area contributed by atoms with Crippen molar-refractivity contribution in [1.82, 2.24) is 0 Å². The average molecular weight is 296 g/mol. The van der Waals surface area contributed by atoms with E-state index >= 15 is 0 Å². The first kappa shape index (κ1) is 14.9. The van der Waals surface area contributed by atoms with Crippen LogP contribution in [0.5, 0.6) is 0 Å². The van der Waals surface area contributed by atoms with E-state index in [0.717, 1.165) is 6.42 Å². The van der Waals surface area contributed by atoms with E-state index in [9.17, 15) is 4.39 Å². The molecule has 1 aromatic rings. The second-order valence-corrected chi connectivity index (χ2v) is 5.92. The number of halogens is 1. The van der Waals surface area contributed by atoms with Crippen molar-refractivity contribution in [2.45, 2.75) is 64.2 Å². The number of hydrogen-bond acceptors (Lipinski definition) is 4. The first-order chi connectivity index (χ1) is 10.00. The smallest absolute Gasteiger partial charge is 0.190 e. The molecule has 3 rings (SSSR count). The molecular weight excluding hydrogens is 275 g/mol. The zero-order valence-electron chi connectivity index (χ0n) is 12.5. The molecule has 4 nitrogen and oxygen atoms in total. The van der Waals surface area contributed by atoms with Crippen LogP contribution in [0.15, 0.2) is 24.3 Å². The van der Waals surface area contributed by atoms with Crippen LogP contribution in [-0.4, -0.2) is 30.4 Å². The normalized spacial score (nSPS) is 34.1. The minimum atomic E-state index is -0.673. The number of ether oxygens (including phenoxy) is 4. The van der Waals surface area contributed by atoms with Gasteiger partial charge in [-0.05, 0) is 26.3 Å². The Bertz CT molecular complexity index is 505. The molecule has 2 heterocycles. The van der Waals surface area contributed by atoms with Gasteiger partial charge in [0.1, 0.15) is 18.0 Å². The summed E-state index contributed by atoms with van der Waals surface area (Å²) in [6.45, 7) is 5.92. The van der Waals surface area contributed by atoms with Crippen LogP contribution in [0.25, 0.3) is 0 Å². The Morgan fingerprint density at radius 2 is 2.00 bits per heavy atom. The van der Waals surface area contributed by atoms with Gasteiger partial charge in [0, 0.05) is 5.56 Å². The van der Waals surface area contributed by atoms with Gasteiger partial charge in [-0.15, -0.1) is 0 Å². The summed E-state index contributed by atoms with van der Waals surface area (Å²) in [7, 11) is 0. The van der Waals surface area contributed by atoms with Crippen molar-refractivity contribution < 1.29 is 23.3 Å². The molecule has 0 aromatic heterocycles. The molecule has 116 valence electrons. The van der Waals surface area contributed by atoms with Gasteiger partial charge >= 0.3 is 0 Å². The van der Waals surface area contributed by atoms with Crippen molar-refractivity contribution in [3.05, 3.63) is 35.6 Å². The predicted octanol–water partition coefficient (Wildman–Crippen LogP) is 3.00. The lowest BCUT2D eigenvalue weighted by atomic mass is 10.1. The van der Waals surface area contributed by atoms with Gasteiger partial charge in [0.05, 0.1) is 12.7 Å². The molecular formula is C16H21FO4. The molecule has 21 heavy (non-hydrogen) atoms. The molecule has 1 aromatic carbocycles. The van der Waals surface area contributed by atoms with Crippen LogP contribution in [0.1, 0.15) is 32.8 Å². The summed E-state index contributed by atoms with van der Waals surface area (Å²) in [6, 6.07) is 6.62. The van der Waals surface area contributed by atoms with E-state index in [0.29, 0.717) is 5.56 Å². The van der Waals surface area contributed by atoms with Gasteiger partial charge in [-0.25, -0.2) is 4.39 Å². The van der Waals surface area contributed by atoms with Crippen LogP contribution in [0, 0.1) is 5.82 Å². The molecule has 0 aliphatic carbocycles. The van der Waals surface area contributed by atoms with E-state index in [1.165, 1.54) is 6.07 Å². The highest BCUT2D eigenvalue weighted by atomic mass is 19.1. The molecule has 0 unspecified atom stereocenters. The van der Waals surface area contributed by atoms with Crippen LogP contribution in [-0.2, 0) is 25.6 Å². The highest BCUT2D eigenvalue weighted by molar-refractivity contribution is 5.16. The molecule has 2 aliphatic heterocycles. The average Bonchev–Trinajstić information content (AvgIpc) is 2.89. The fraction of sp³-hybridized carbons (Fsp3) is 0.625. The summed E-state index contributed by atoms with van der Waals surface area (Å²) in [5.41, 5.74) is 0.536. The van der Waals surface area contributed by atoms with E-state index in [1.807, 2.05) is 20.8 Å². The lowest BCUT2D eigenvalue weighted by molar-refractivity contribution is -0.219. The second kappa shape index (κ2) is 5.65. The quantitative estimate of drug-likeness (QED) is 0.856. The van der Waals surface area contributed by atoms with Gasteiger partial charge in [-0.1, -0.05) is 25.1 Å². The highest BCUT2D eigenvalue weighted by Crippen LogP contribution is 2.39. The van der Waals surface area contributed by atoms with Crippen LogP contribution in [0.2, 0.25) is 0 Å². The van der Waals surface area contributed by atoms with E-state index in [1.54, 1.807) is 18.2 Å². The number of rotatable bonds is 4. The highest BCUT2D eigenvalue weighted by Gasteiger charge is 2.54. The van der Waals surface area contributed by atoms with Gasteiger partial charge < -0.3 is 18.9 Å². The van der Waals surface area contributed by atoms with Crippen molar-refractivity contribution in [2.24, 2.45) is 0 Å². The first-order valence-corrected chi connectivity index (χ1v) is 7.36. The minimum Gasteiger partial charge on any atom is -0.368 e. The van der Waals surface area contributed by atoms with Crippen LogP contribution >= 0.6 is 0 Å². The standard InChI is InChI=1S/C16H21FO4/c1-4-12-13(14-15(19-12)21-16(2,3)20-14)18-9-10-7-5-6-8-11(10)17/h5-8,12-15H,4,9H2,1-3H3/t12-,13+,14-,15-/m1/s1. The molecule has 0 amide bonds. The fourth-order valence-corrected chi connectivity index (χ4v) is 2.88. The number of hydrogen-bond donors (Lipinski definition) is 0. The van der Waals surface area contributed by atoms with Crippen LogP contribution < -0.4 is 0 Å². The number of benzene rings is 1. The summed E-state index contributed by atoms with van der Waals surface area (Å²) >= 11 is 0. The SMILES string of the molecule is CC[C@H]1O[C@@H]2OC(C)(C)O[C@@H]2[C@H]1OCc1ccccc1F. The summed E-state index contributed by atoms with van der Waals surface area (Å²) in [5, 5.41) is 0. The van der Waals surface area contributed by atoms with Crippen LogP contribution in [0.4, 0.5) is 4.39 Å². The van der Waals surface area contributed by atoms with Crippen LogP contribution in [0.3, 0.4) is 0 Å². The Morgan fingerprint density at radius 3 is 2.71 bits per heavy atom. The van der Waals surface area contributed by atoms with Gasteiger partial charge in [-0.3, -0.25) is 0 Å². The van der Waals surface area contributed by atoms with Gasteiger partial charge in [0.15, 0.2) is 12.1 Å². The lowest BCUT2D eigenvalue weighted by Gasteiger charge is -2.25. The first-order valence-electron chi connectivity index (χ1n) is 7.36. The van der Waals surface area contributed by atoms with E-state index < -0.39 is 12.1 Å². The zero-order valence-corrected chi connectivity index (χ0v) is 12.5. The molecule has 0 bridgehead atoms. The predicted molar refractivity (Wildman–Crippen MR) is 74.0 cm³/mol. The van der Waals surface area contributed by atoms with Gasteiger partial charge in [-0.2, -0.15) is 0 Å². The van der Waals surface area contributed by atoms with Gasteiger partial charge in [0.2, 0.25) is 0 Å². The Labute approximate surface area is 124 Å². The Morgan fingerprint density at radius 1 is 1.24 bits per heavy atom. The van der Waals surface area contributed by atoms with Crippen molar-refractivity contribution in [1.29, 1.82) is 0 Å². The van der Waals surface area contributed by atoms with Crippen molar-refractivity contribution in [3.63, 3.8) is 0 Å². The molecule has 0 saturated carbocycles. The summed E-state index contributed by atoms with van der Waals surface area (Å²) in [6.07, 6.45) is -0.223. The molecule has 0 N–H and O–H groups in total. The molecule has 5 heteroatoms. The Hall–Kier alpha value is -1.01. The van der Waals surface area contributed by atoms with E-state index in [2.05, 4.69) is 0 Å². The minimum absolute atomic E-state index is 0.0946. The van der Waals surface area contributed by atoms with Gasteiger partial charge in [0.25, 0.3) is 0 Å². The number of fused-ring (bicyclic) bond motifs is 1. The largest absolute Gasteiger partial charge is 0.368 e. The summed E-state index contributed by atoms with van der Waals surface area (Å²) in [5.74, 6) is -0.932. The molecule has 2 saturated heterocycles. The molecule has 0 radical (unpaired) electrons. The zero-order chi connectivity index (χ0) is 15.0. The third-order valence-corrected chi connectivity index (χ3v) is 3.88.